The number of halogens is 4. The van der Waals surface area contributed by atoms with Gasteiger partial charge in [0.25, 0.3) is 5.91 Å². The smallest absolute Gasteiger partial charge is 0.418 e. The number of anilines is 2. The second-order valence-corrected chi connectivity index (χ2v) is 15.0. The van der Waals surface area contributed by atoms with Crippen LogP contribution in [0.5, 0.6) is 5.75 Å². The number of para-hydroxylation sites is 2. The van der Waals surface area contributed by atoms with Gasteiger partial charge in [0.05, 0.1) is 28.1 Å². The maximum absolute atomic E-state index is 14.1. The van der Waals surface area contributed by atoms with Crippen molar-refractivity contribution in [2.45, 2.75) is 28.8 Å². The quantitative estimate of drug-likeness (QED) is 0.213. The average molecular weight is 712 g/mol. The third-order valence-corrected chi connectivity index (χ3v) is 12.7. The summed E-state index contributed by atoms with van der Waals surface area (Å²) in [7, 11) is 0. The SMILES string of the molecule is O=C(COc1ccc(Cl)cc1[C@H]1c2sc(=O)[nH]c2SC2C1[C@H]1C[C@@H]2C2C(=O)N(c3ccccc3C(F)(F)F)C(=O)C21)Nc1ccccc1. The van der Waals surface area contributed by atoms with E-state index in [1.54, 1.807) is 42.5 Å². The molecule has 3 aromatic carbocycles. The maximum Gasteiger partial charge on any atom is 0.418 e. The number of nitrogens with one attached hydrogen (secondary N) is 2. The molecule has 4 unspecified atom stereocenters. The van der Waals surface area contributed by atoms with Crippen molar-refractivity contribution < 1.29 is 32.3 Å². The lowest BCUT2D eigenvalue weighted by Crippen LogP contribution is -2.42. The van der Waals surface area contributed by atoms with E-state index < -0.39 is 47.0 Å². The first-order chi connectivity index (χ1) is 23.0. The van der Waals surface area contributed by atoms with Crippen LogP contribution < -0.4 is 19.8 Å². The van der Waals surface area contributed by atoms with Gasteiger partial charge in [-0.2, -0.15) is 13.2 Å². The highest BCUT2D eigenvalue weighted by Crippen LogP contribution is 2.69. The van der Waals surface area contributed by atoms with Crippen LogP contribution in [0, 0.1) is 29.6 Å². The fraction of sp³-hybridized carbons (Fsp3) is 0.294. The molecule has 8 nitrogen and oxygen atoms in total. The van der Waals surface area contributed by atoms with Crippen LogP contribution in [0.15, 0.2) is 82.6 Å². The number of thioether (sulfide) groups is 1. The number of fused-ring (bicyclic) bond motifs is 9. The van der Waals surface area contributed by atoms with E-state index in [1.807, 2.05) is 6.07 Å². The summed E-state index contributed by atoms with van der Waals surface area (Å²) >= 11 is 9.02. The van der Waals surface area contributed by atoms with E-state index in [1.165, 1.54) is 23.9 Å². The second kappa shape index (κ2) is 11.5. The molecule has 0 spiro atoms. The summed E-state index contributed by atoms with van der Waals surface area (Å²) < 4.78 is 48.1. The predicted molar refractivity (Wildman–Crippen MR) is 174 cm³/mol. The molecule has 3 fully saturated rings. The molecule has 4 aliphatic rings. The molecule has 2 aliphatic carbocycles. The van der Waals surface area contributed by atoms with Crippen molar-refractivity contribution in [1.82, 2.24) is 4.98 Å². The Morgan fingerprint density at radius 2 is 1.69 bits per heavy atom. The molecule has 2 bridgehead atoms. The minimum absolute atomic E-state index is 0.221. The van der Waals surface area contributed by atoms with Crippen molar-refractivity contribution in [1.29, 1.82) is 0 Å². The number of amides is 3. The summed E-state index contributed by atoms with van der Waals surface area (Å²) in [5.74, 6) is -4.29. The molecule has 3 amide bonds. The third-order valence-electron chi connectivity index (χ3n) is 9.90. The number of carbonyl (C=O) groups excluding carboxylic acids is 3. The van der Waals surface area contributed by atoms with Gasteiger partial charge in [-0.05, 0) is 66.6 Å². The topological polar surface area (TPSA) is 109 Å². The summed E-state index contributed by atoms with van der Waals surface area (Å²) in [5, 5.41) is 3.60. The molecule has 3 heterocycles. The van der Waals surface area contributed by atoms with E-state index in [-0.39, 0.29) is 40.4 Å². The molecular formula is C34H25ClF3N3O5S2. The lowest BCUT2D eigenvalue weighted by Gasteiger charge is -2.43. The zero-order valence-electron chi connectivity index (χ0n) is 24.7. The molecule has 8 rings (SSSR count). The number of benzene rings is 3. The van der Waals surface area contributed by atoms with Crippen LogP contribution in [-0.4, -0.2) is 34.6 Å². The number of hydrogen-bond donors (Lipinski definition) is 2. The van der Waals surface area contributed by atoms with Crippen LogP contribution in [0.25, 0.3) is 0 Å². The molecule has 246 valence electrons. The molecule has 2 saturated carbocycles. The summed E-state index contributed by atoms with van der Waals surface area (Å²) in [6, 6.07) is 18.6. The van der Waals surface area contributed by atoms with Crippen molar-refractivity contribution in [3.63, 3.8) is 0 Å². The maximum atomic E-state index is 14.1. The van der Waals surface area contributed by atoms with Crippen LogP contribution in [-0.2, 0) is 20.6 Å². The highest BCUT2D eigenvalue weighted by Gasteiger charge is 2.70. The van der Waals surface area contributed by atoms with E-state index in [4.69, 9.17) is 16.3 Å². The number of carbonyl (C=O) groups is 3. The van der Waals surface area contributed by atoms with Gasteiger partial charge in [0.15, 0.2) is 6.61 Å². The molecule has 2 aliphatic heterocycles. The van der Waals surface area contributed by atoms with Gasteiger partial charge in [-0.1, -0.05) is 53.3 Å². The van der Waals surface area contributed by atoms with Gasteiger partial charge in [0.1, 0.15) is 5.75 Å². The van der Waals surface area contributed by atoms with Gasteiger partial charge in [0, 0.05) is 32.3 Å². The molecule has 0 radical (unpaired) electrons. The molecular weight excluding hydrogens is 687 g/mol. The van der Waals surface area contributed by atoms with E-state index >= 15 is 0 Å². The van der Waals surface area contributed by atoms with E-state index in [0.29, 0.717) is 33.5 Å². The number of aromatic amines is 1. The Morgan fingerprint density at radius 1 is 0.979 bits per heavy atom. The Hall–Kier alpha value is -4.07. The zero-order chi connectivity index (χ0) is 33.5. The van der Waals surface area contributed by atoms with Crippen molar-refractivity contribution >= 4 is 63.8 Å². The van der Waals surface area contributed by atoms with E-state index in [0.717, 1.165) is 33.2 Å². The first-order valence-corrected chi connectivity index (χ1v) is 17.3. The monoisotopic (exact) mass is 711 g/mol. The number of imide groups is 1. The Bertz CT molecular complexity index is 2040. The van der Waals surface area contributed by atoms with Gasteiger partial charge in [-0.15, -0.1) is 11.8 Å². The number of alkyl halides is 3. The molecule has 14 heteroatoms. The third kappa shape index (κ3) is 4.97. The van der Waals surface area contributed by atoms with E-state index in [2.05, 4.69) is 10.3 Å². The average Bonchev–Trinajstić information content (AvgIpc) is 3.79. The van der Waals surface area contributed by atoms with E-state index in [9.17, 15) is 32.3 Å². The van der Waals surface area contributed by atoms with Crippen molar-refractivity contribution in [3.8, 4) is 5.75 Å². The Kier molecular flexibility index (Phi) is 7.49. The minimum Gasteiger partial charge on any atom is -0.483 e. The highest BCUT2D eigenvalue weighted by molar-refractivity contribution is 8.00. The second-order valence-electron chi connectivity index (χ2n) is 12.4. The van der Waals surface area contributed by atoms with Gasteiger partial charge in [0.2, 0.25) is 11.8 Å². The van der Waals surface area contributed by atoms with Crippen molar-refractivity contribution in [3.05, 3.63) is 103 Å². The van der Waals surface area contributed by atoms with Crippen molar-refractivity contribution in [2.75, 3.05) is 16.8 Å². The van der Waals surface area contributed by atoms with Gasteiger partial charge >= 0.3 is 11.0 Å². The normalized spacial score (nSPS) is 27.1. The van der Waals surface area contributed by atoms with Crippen molar-refractivity contribution in [2.24, 2.45) is 29.6 Å². The number of hydrogen-bond acceptors (Lipinski definition) is 7. The number of thiazole rings is 1. The molecule has 4 aromatic rings. The highest BCUT2D eigenvalue weighted by atomic mass is 35.5. The van der Waals surface area contributed by atoms with Crippen LogP contribution in [0.2, 0.25) is 5.02 Å². The predicted octanol–water partition coefficient (Wildman–Crippen LogP) is 6.80. The fourth-order valence-corrected chi connectivity index (χ4v) is 11.3. The molecule has 1 saturated heterocycles. The van der Waals surface area contributed by atoms with Crippen LogP contribution in [0.3, 0.4) is 0 Å². The van der Waals surface area contributed by atoms with Crippen LogP contribution >= 0.6 is 34.7 Å². The zero-order valence-corrected chi connectivity index (χ0v) is 27.1. The number of aromatic nitrogens is 1. The van der Waals surface area contributed by atoms with Gasteiger partial charge in [-0.25, -0.2) is 4.90 Å². The summed E-state index contributed by atoms with van der Waals surface area (Å²) in [6.07, 6.45) is -4.22. The Labute approximate surface area is 284 Å². The molecule has 2 N–H and O–H groups in total. The minimum atomic E-state index is -4.76. The molecule has 1 aromatic heterocycles. The number of rotatable bonds is 6. The first-order valence-electron chi connectivity index (χ1n) is 15.2. The summed E-state index contributed by atoms with van der Waals surface area (Å²) in [4.78, 5) is 57.6. The Balaban J connectivity index is 1.16. The number of H-pyrrole nitrogens is 1. The standard InChI is InChI=1S/C34H25ClF3N3O5S2/c35-15-10-11-22(46-14-23(42)39-16-6-2-1-3-7-16)17(12-15)24-25-18-13-19(28(25)47-30-29(24)48-33(45)40-30)27-26(18)31(43)41(32(27)44)21-9-5-4-8-20(21)34(36,37)38/h1-12,18-19,24-28H,13-14H2,(H,39,42)(H,40,45)/t18-,19-,24-,25?,26?,27?,28?/m1/s1. The van der Waals surface area contributed by atoms with Gasteiger partial charge in [-0.3, -0.25) is 19.2 Å². The number of ether oxygens (including phenoxy) is 1. The van der Waals surface area contributed by atoms with Gasteiger partial charge < -0.3 is 15.0 Å². The largest absolute Gasteiger partial charge is 0.483 e. The summed E-state index contributed by atoms with van der Waals surface area (Å²) in [5.41, 5.74) is -0.262. The van der Waals surface area contributed by atoms with Crippen LogP contribution in [0.1, 0.15) is 28.3 Å². The lowest BCUT2D eigenvalue weighted by molar-refractivity contribution is -0.137. The lowest BCUT2D eigenvalue weighted by atomic mass is 9.68. The molecule has 7 atom stereocenters. The summed E-state index contributed by atoms with van der Waals surface area (Å²) in [6.45, 7) is -0.313. The first kappa shape index (κ1) is 31.2. The number of nitrogens with zero attached hydrogens (tertiary/aromatic N) is 1. The fourth-order valence-electron chi connectivity index (χ4n) is 8.27. The van der Waals surface area contributed by atoms with Crippen LogP contribution in [0.4, 0.5) is 24.5 Å². The Morgan fingerprint density at radius 3 is 2.44 bits per heavy atom. The molecule has 48 heavy (non-hydrogen) atoms.